The summed E-state index contributed by atoms with van der Waals surface area (Å²) in [7, 11) is 1.51. The highest BCUT2D eigenvalue weighted by atomic mass is 127. The SMILES string of the molecule is COc1nccnc1C(N)c1ccc(F)cc1I. The number of hydrogen-bond acceptors (Lipinski definition) is 4. The first kappa shape index (κ1) is 13.2. The summed E-state index contributed by atoms with van der Waals surface area (Å²) in [5.41, 5.74) is 7.45. The summed E-state index contributed by atoms with van der Waals surface area (Å²) < 4.78 is 18.9. The van der Waals surface area contributed by atoms with Gasteiger partial charge in [0.25, 0.3) is 0 Å². The zero-order valence-electron chi connectivity index (χ0n) is 9.60. The smallest absolute Gasteiger partial charge is 0.237 e. The van der Waals surface area contributed by atoms with Crippen LogP contribution in [0.3, 0.4) is 0 Å². The van der Waals surface area contributed by atoms with E-state index >= 15 is 0 Å². The summed E-state index contributed by atoms with van der Waals surface area (Å²) in [6.45, 7) is 0. The van der Waals surface area contributed by atoms with E-state index < -0.39 is 6.04 Å². The van der Waals surface area contributed by atoms with Gasteiger partial charge in [0.1, 0.15) is 11.5 Å². The Labute approximate surface area is 118 Å². The molecule has 0 spiro atoms. The van der Waals surface area contributed by atoms with Crippen molar-refractivity contribution in [2.45, 2.75) is 6.04 Å². The van der Waals surface area contributed by atoms with Crippen molar-refractivity contribution in [1.29, 1.82) is 0 Å². The Morgan fingerprint density at radius 3 is 2.72 bits per heavy atom. The van der Waals surface area contributed by atoms with Gasteiger partial charge in [0, 0.05) is 16.0 Å². The Balaban J connectivity index is 2.44. The molecule has 0 saturated heterocycles. The van der Waals surface area contributed by atoms with Gasteiger partial charge in [-0.1, -0.05) is 6.07 Å². The van der Waals surface area contributed by atoms with Crippen molar-refractivity contribution < 1.29 is 9.13 Å². The first-order chi connectivity index (χ1) is 8.63. The Bertz CT molecular complexity index is 565. The number of benzene rings is 1. The largest absolute Gasteiger partial charge is 0.480 e. The molecule has 2 rings (SSSR count). The number of nitrogens with zero attached hydrogens (tertiary/aromatic N) is 2. The quantitative estimate of drug-likeness (QED) is 0.855. The predicted octanol–water partition coefficient (Wildman–Crippen LogP) is 2.28. The first-order valence-electron chi connectivity index (χ1n) is 5.19. The monoisotopic (exact) mass is 359 g/mol. The van der Waals surface area contributed by atoms with Gasteiger partial charge in [-0.05, 0) is 40.3 Å². The molecule has 1 atom stereocenters. The standard InChI is InChI=1S/C12H11FIN3O/c1-18-12-11(16-4-5-17-12)10(15)8-3-2-7(13)6-9(8)14/h2-6,10H,15H2,1H3. The number of hydrogen-bond donors (Lipinski definition) is 1. The third kappa shape index (κ3) is 2.59. The van der Waals surface area contributed by atoms with Gasteiger partial charge in [-0.15, -0.1) is 0 Å². The van der Waals surface area contributed by atoms with Gasteiger partial charge in [0.2, 0.25) is 5.88 Å². The lowest BCUT2D eigenvalue weighted by Crippen LogP contribution is -2.16. The molecule has 1 aromatic heterocycles. The molecule has 2 aromatic rings. The van der Waals surface area contributed by atoms with E-state index in [1.807, 2.05) is 22.6 Å². The van der Waals surface area contributed by atoms with Gasteiger partial charge in [0.15, 0.2) is 0 Å². The minimum Gasteiger partial charge on any atom is -0.480 e. The van der Waals surface area contributed by atoms with Gasteiger partial charge in [-0.2, -0.15) is 0 Å². The summed E-state index contributed by atoms with van der Waals surface area (Å²) in [6, 6.07) is 3.95. The van der Waals surface area contributed by atoms with Crippen LogP contribution in [0.1, 0.15) is 17.3 Å². The highest BCUT2D eigenvalue weighted by Gasteiger charge is 2.18. The molecule has 1 unspecified atom stereocenters. The van der Waals surface area contributed by atoms with Crippen LogP contribution in [0.2, 0.25) is 0 Å². The molecule has 0 fully saturated rings. The number of methoxy groups -OCH3 is 1. The van der Waals surface area contributed by atoms with Crippen LogP contribution in [0, 0.1) is 9.39 Å². The Morgan fingerprint density at radius 2 is 2.06 bits per heavy atom. The molecule has 0 aliphatic heterocycles. The number of rotatable bonds is 3. The average molecular weight is 359 g/mol. The van der Waals surface area contributed by atoms with E-state index in [2.05, 4.69) is 9.97 Å². The van der Waals surface area contributed by atoms with Gasteiger partial charge in [-0.25, -0.2) is 9.37 Å². The average Bonchev–Trinajstić information content (AvgIpc) is 2.38. The molecule has 0 amide bonds. The Morgan fingerprint density at radius 1 is 1.33 bits per heavy atom. The van der Waals surface area contributed by atoms with E-state index in [4.69, 9.17) is 10.5 Å². The van der Waals surface area contributed by atoms with Crippen LogP contribution in [0.4, 0.5) is 4.39 Å². The number of ether oxygens (including phenoxy) is 1. The molecular formula is C12H11FIN3O. The van der Waals surface area contributed by atoms with E-state index in [0.717, 1.165) is 9.13 Å². The summed E-state index contributed by atoms with van der Waals surface area (Å²) in [4.78, 5) is 8.23. The van der Waals surface area contributed by atoms with Gasteiger partial charge >= 0.3 is 0 Å². The van der Waals surface area contributed by atoms with E-state index in [1.165, 1.54) is 25.4 Å². The van der Waals surface area contributed by atoms with Crippen molar-refractivity contribution in [1.82, 2.24) is 9.97 Å². The maximum Gasteiger partial charge on any atom is 0.237 e. The molecular weight excluding hydrogens is 348 g/mol. The van der Waals surface area contributed by atoms with E-state index in [-0.39, 0.29) is 5.82 Å². The lowest BCUT2D eigenvalue weighted by Gasteiger charge is -2.15. The number of halogens is 2. The highest BCUT2D eigenvalue weighted by molar-refractivity contribution is 14.1. The third-order valence-electron chi connectivity index (χ3n) is 2.48. The second kappa shape index (κ2) is 5.57. The van der Waals surface area contributed by atoms with Crippen LogP contribution in [-0.2, 0) is 0 Å². The van der Waals surface area contributed by atoms with Crippen molar-refractivity contribution in [2.24, 2.45) is 5.73 Å². The summed E-state index contributed by atoms with van der Waals surface area (Å²) in [6.07, 6.45) is 3.08. The lowest BCUT2D eigenvalue weighted by atomic mass is 10.0. The fourth-order valence-electron chi connectivity index (χ4n) is 1.61. The van der Waals surface area contributed by atoms with Crippen LogP contribution in [0.25, 0.3) is 0 Å². The molecule has 0 aliphatic carbocycles. The van der Waals surface area contributed by atoms with Crippen molar-refractivity contribution >= 4 is 22.6 Å². The fraction of sp³-hybridized carbons (Fsp3) is 0.167. The minimum atomic E-state index is -0.499. The maximum atomic E-state index is 13.1. The molecule has 6 heteroatoms. The van der Waals surface area contributed by atoms with Crippen LogP contribution in [0.15, 0.2) is 30.6 Å². The number of aromatic nitrogens is 2. The molecule has 0 aliphatic rings. The topological polar surface area (TPSA) is 61.0 Å². The molecule has 94 valence electrons. The van der Waals surface area contributed by atoms with E-state index in [0.29, 0.717) is 11.6 Å². The van der Waals surface area contributed by atoms with Crippen LogP contribution >= 0.6 is 22.6 Å². The van der Waals surface area contributed by atoms with Crippen LogP contribution in [-0.4, -0.2) is 17.1 Å². The predicted molar refractivity (Wildman–Crippen MR) is 73.7 cm³/mol. The van der Waals surface area contributed by atoms with Gasteiger partial charge in [0.05, 0.1) is 13.2 Å². The van der Waals surface area contributed by atoms with E-state index in [1.54, 1.807) is 12.3 Å². The Hall–Kier alpha value is -1.28. The number of nitrogens with two attached hydrogens (primary N) is 1. The third-order valence-corrected chi connectivity index (χ3v) is 3.41. The minimum absolute atomic E-state index is 0.290. The van der Waals surface area contributed by atoms with E-state index in [9.17, 15) is 4.39 Å². The highest BCUT2D eigenvalue weighted by Crippen LogP contribution is 2.27. The normalized spacial score (nSPS) is 12.2. The van der Waals surface area contributed by atoms with Crippen molar-refractivity contribution in [3.63, 3.8) is 0 Å². The fourth-order valence-corrected chi connectivity index (χ4v) is 2.42. The summed E-state index contributed by atoms with van der Waals surface area (Å²) in [5.74, 6) is 0.0894. The van der Waals surface area contributed by atoms with Gasteiger partial charge < -0.3 is 10.5 Å². The van der Waals surface area contributed by atoms with Crippen molar-refractivity contribution in [3.8, 4) is 5.88 Å². The van der Waals surface area contributed by atoms with Crippen LogP contribution in [0.5, 0.6) is 5.88 Å². The first-order valence-corrected chi connectivity index (χ1v) is 6.26. The summed E-state index contributed by atoms with van der Waals surface area (Å²) >= 11 is 2.04. The summed E-state index contributed by atoms with van der Waals surface area (Å²) in [5, 5.41) is 0. The van der Waals surface area contributed by atoms with Crippen molar-refractivity contribution in [2.75, 3.05) is 7.11 Å². The Kier molecular flexibility index (Phi) is 4.07. The molecule has 1 aromatic carbocycles. The molecule has 0 bridgehead atoms. The molecule has 0 saturated carbocycles. The van der Waals surface area contributed by atoms with Crippen molar-refractivity contribution in [3.05, 3.63) is 51.2 Å². The molecule has 0 radical (unpaired) electrons. The second-order valence-electron chi connectivity index (χ2n) is 3.59. The molecule has 1 heterocycles. The molecule has 2 N–H and O–H groups in total. The molecule has 4 nitrogen and oxygen atoms in total. The maximum absolute atomic E-state index is 13.1. The zero-order chi connectivity index (χ0) is 13.1. The van der Waals surface area contributed by atoms with Crippen LogP contribution < -0.4 is 10.5 Å². The van der Waals surface area contributed by atoms with Gasteiger partial charge in [-0.3, -0.25) is 4.98 Å². The zero-order valence-corrected chi connectivity index (χ0v) is 11.8. The second-order valence-corrected chi connectivity index (χ2v) is 4.76. The lowest BCUT2D eigenvalue weighted by molar-refractivity contribution is 0.387. The molecule has 18 heavy (non-hydrogen) atoms.